The van der Waals surface area contributed by atoms with Crippen LogP contribution < -0.4 is 5.32 Å². The molecule has 1 aromatic heterocycles. The number of carbonyl (C=O) groups is 1. The zero-order valence-corrected chi connectivity index (χ0v) is 14.1. The fraction of sp³-hybridized carbons (Fsp3) is 0.263. The molecule has 0 aliphatic heterocycles. The van der Waals surface area contributed by atoms with Gasteiger partial charge in [-0.2, -0.15) is 0 Å². The number of fused-ring (bicyclic) bond motifs is 1. The van der Waals surface area contributed by atoms with E-state index in [1.165, 1.54) is 0 Å². The van der Waals surface area contributed by atoms with Crippen molar-refractivity contribution < 1.29 is 14.6 Å². The lowest BCUT2D eigenvalue weighted by Gasteiger charge is -2.06. The molecular formula is C19H21N3O3. The number of ether oxygens (including phenoxy) is 1. The summed E-state index contributed by atoms with van der Waals surface area (Å²) in [4.78, 5) is 19.5. The van der Waals surface area contributed by atoms with E-state index in [2.05, 4.69) is 15.3 Å². The SMILES string of the molecule is Cc1ccc2nc(COCC(=O)NCc3ccc(CO)cc3)[nH]c2c1. The maximum absolute atomic E-state index is 11.8. The molecule has 2 aromatic carbocycles. The molecule has 0 atom stereocenters. The summed E-state index contributed by atoms with van der Waals surface area (Å²) < 4.78 is 5.43. The Balaban J connectivity index is 1.43. The van der Waals surface area contributed by atoms with E-state index >= 15 is 0 Å². The van der Waals surface area contributed by atoms with Crippen molar-refractivity contribution in [3.05, 3.63) is 65.0 Å². The molecule has 6 nitrogen and oxygen atoms in total. The lowest BCUT2D eigenvalue weighted by Crippen LogP contribution is -2.27. The summed E-state index contributed by atoms with van der Waals surface area (Å²) in [5.41, 5.74) is 4.84. The van der Waals surface area contributed by atoms with E-state index in [4.69, 9.17) is 9.84 Å². The highest BCUT2D eigenvalue weighted by Gasteiger charge is 2.06. The van der Waals surface area contributed by atoms with Crippen LogP contribution in [0, 0.1) is 6.92 Å². The predicted molar refractivity (Wildman–Crippen MR) is 94.7 cm³/mol. The number of aromatic nitrogens is 2. The Morgan fingerprint density at radius 3 is 2.72 bits per heavy atom. The van der Waals surface area contributed by atoms with E-state index in [1.807, 2.05) is 49.4 Å². The number of amides is 1. The third kappa shape index (κ3) is 4.65. The number of nitrogens with one attached hydrogen (secondary N) is 2. The van der Waals surface area contributed by atoms with Crippen LogP contribution in [-0.4, -0.2) is 27.6 Å². The zero-order valence-electron chi connectivity index (χ0n) is 14.1. The van der Waals surface area contributed by atoms with Crippen LogP contribution in [0.15, 0.2) is 42.5 Å². The van der Waals surface area contributed by atoms with Crippen molar-refractivity contribution >= 4 is 16.9 Å². The van der Waals surface area contributed by atoms with Crippen molar-refractivity contribution in [1.29, 1.82) is 0 Å². The molecule has 25 heavy (non-hydrogen) atoms. The van der Waals surface area contributed by atoms with Crippen molar-refractivity contribution in [2.24, 2.45) is 0 Å². The van der Waals surface area contributed by atoms with Gasteiger partial charge in [0.15, 0.2) is 0 Å². The summed E-state index contributed by atoms with van der Waals surface area (Å²) in [6.45, 7) is 2.70. The Hall–Kier alpha value is -2.70. The Bertz CT molecular complexity index is 856. The number of aliphatic hydroxyl groups excluding tert-OH is 1. The smallest absolute Gasteiger partial charge is 0.246 e. The van der Waals surface area contributed by atoms with Crippen LogP contribution in [0.25, 0.3) is 11.0 Å². The van der Waals surface area contributed by atoms with Gasteiger partial charge in [-0.1, -0.05) is 30.3 Å². The van der Waals surface area contributed by atoms with Crippen molar-refractivity contribution in [3.8, 4) is 0 Å². The monoisotopic (exact) mass is 339 g/mol. The quantitative estimate of drug-likeness (QED) is 0.616. The number of benzene rings is 2. The number of rotatable bonds is 7. The number of hydrogen-bond donors (Lipinski definition) is 3. The zero-order chi connectivity index (χ0) is 17.6. The van der Waals surface area contributed by atoms with Gasteiger partial charge in [-0.3, -0.25) is 4.79 Å². The maximum atomic E-state index is 11.8. The number of H-pyrrole nitrogens is 1. The molecule has 0 radical (unpaired) electrons. The number of aryl methyl sites for hydroxylation is 1. The standard InChI is InChI=1S/C19H21N3O3/c1-13-2-7-16-17(8-13)22-18(21-16)11-25-12-19(24)20-9-14-3-5-15(10-23)6-4-14/h2-8,23H,9-12H2,1H3,(H,20,24)(H,21,22). The second-order valence-electron chi connectivity index (χ2n) is 5.95. The number of aromatic amines is 1. The molecule has 6 heteroatoms. The van der Waals surface area contributed by atoms with E-state index < -0.39 is 0 Å². The van der Waals surface area contributed by atoms with E-state index in [9.17, 15) is 4.79 Å². The van der Waals surface area contributed by atoms with Gasteiger partial charge in [0.25, 0.3) is 0 Å². The van der Waals surface area contributed by atoms with Crippen molar-refractivity contribution in [1.82, 2.24) is 15.3 Å². The van der Waals surface area contributed by atoms with E-state index in [0.717, 1.165) is 27.7 Å². The van der Waals surface area contributed by atoms with Gasteiger partial charge in [-0.05, 0) is 35.7 Å². The van der Waals surface area contributed by atoms with Gasteiger partial charge < -0.3 is 20.1 Å². The van der Waals surface area contributed by atoms with Crippen LogP contribution in [0.1, 0.15) is 22.5 Å². The molecular weight excluding hydrogens is 318 g/mol. The predicted octanol–water partition coefficient (Wildman–Crippen LogP) is 2.20. The van der Waals surface area contributed by atoms with Crippen LogP contribution in [0.4, 0.5) is 0 Å². The molecule has 1 heterocycles. The summed E-state index contributed by atoms with van der Waals surface area (Å²) in [7, 11) is 0. The minimum Gasteiger partial charge on any atom is -0.392 e. The van der Waals surface area contributed by atoms with Gasteiger partial charge in [0.05, 0.1) is 17.6 Å². The van der Waals surface area contributed by atoms with E-state index in [1.54, 1.807) is 0 Å². The second kappa shape index (κ2) is 7.92. The summed E-state index contributed by atoms with van der Waals surface area (Å²) in [6, 6.07) is 13.4. The maximum Gasteiger partial charge on any atom is 0.246 e. The molecule has 0 bridgehead atoms. The van der Waals surface area contributed by atoms with Crippen molar-refractivity contribution in [3.63, 3.8) is 0 Å². The molecule has 1 amide bonds. The third-order valence-electron chi connectivity index (χ3n) is 3.85. The first kappa shape index (κ1) is 17.1. The van der Waals surface area contributed by atoms with Gasteiger partial charge in [-0.25, -0.2) is 4.98 Å². The molecule has 0 aliphatic rings. The molecule has 0 saturated heterocycles. The molecule has 3 N–H and O–H groups in total. The minimum atomic E-state index is -0.182. The van der Waals surface area contributed by atoms with E-state index in [-0.39, 0.29) is 25.7 Å². The van der Waals surface area contributed by atoms with Gasteiger partial charge in [0.1, 0.15) is 19.0 Å². The topological polar surface area (TPSA) is 87.2 Å². The second-order valence-corrected chi connectivity index (χ2v) is 5.95. The third-order valence-corrected chi connectivity index (χ3v) is 3.85. The first-order chi connectivity index (χ1) is 12.1. The largest absolute Gasteiger partial charge is 0.392 e. The van der Waals surface area contributed by atoms with Crippen LogP contribution in [0.5, 0.6) is 0 Å². The van der Waals surface area contributed by atoms with E-state index in [0.29, 0.717) is 12.4 Å². The van der Waals surface area contributed by atoms with Gasteiger partial charge in [-0.15, -0.1) is 0 Å². The molecule has 0 fully saturated rings. The number of carbonyl (C=O) groups excluding carboxylic acids is 1. The molecule has 3 aromatic rings. The Morgan fingerprint density at radius 2 is 1.96 bits per heavy atom. The fourth-order valence-electron chi connectivity index (χ4n) is 2.50. The summed E-state index contributed by atoms with van der Waals surface area (Å²) in [5.74, 6) is 0.520. The Kier molecular flexibility index (Phi) is 5.42. The van der Waals surface area contributed by atoms with Crippen LogP contribution >= 0.6 is 0 Å². The first-order valence-electron chi connectivity index (χ1n) is 8.12. The molecule has 0 saturated carbocycles. The highest BCUT2D eigenvalue weighted by molar-refractivity contribution is 5.77. The van der Waals surface area contributed by atoms with Gasteiger partial charge >= 0.3 is 0 Å². The van der Waals surface area contributed by atoms with Crippen LogP contribution in [0.2, 0.25) is 0 Å². The number of nitrogens with zero attached hydrogens (tertiary/aromatic N) is 1. The van der Waals surface area contributed by atoms with Gasteiger partial charge in [0, 0.05) is 6.54 Å². The van der Waals surface area contributed by atoms with Crippen molar-refractivity contribution in [2.75, 3.05) is 6.61 Å². The average Bonchev–Trinajstić information content (AvgIpc) is 3.02. The first-order valence-corrected chi connectivity index (χ1v) is 8.12. The number of aliphatic hydroxyl groups is 1. The van der Waals surface area contributed by atoms with Crippen LogP contribution in [0.3, 0.4) is 0 Å². The lowest BCUT2D eigenvalue weighted by atomic mass is 10.1. The highest BCUT2D eigenvalue weighted by atomic mass is 16.5. The molecule has 0 spiro atoms. The molecule has 3 rings (SSSR count). The van der Waals surface area contributed by atoms with Gasteiger partial charge in [0.2, 0.25) is 5.91 Å². The highest BCUT2D eigenvalue weighted by Crippen LogP contribution is 2.13. The Labute approximate surface area is 145 Å². The van der Waals surface area contributed by atoms with Crippen LogP contribution in [-0.2, 0) is 29.3 Å². The molecule has 0 aliphatic carbocycles. The number of hydrogen-bond acceptors (Lipinski definition) is 4. The molecule has 130 valence electrons. The summed E-state index contributed by atoms with van der Waals surface area (Å²) >= 11 is 0. The summed E-state index contributed by atoms with van der Waals surface area (Å²) in [6.07, 6.45) is 0. The number of imidazole rings is 1. The minimum absolute atomic E-state index is 0.0157. The van der Waals surface area contributed by atoms with Crippen molar-refractivity contribution in [2.45, 2.75) is 26.7 Å². The average molecular weight is 339 g/mol. The normalized spacial score (nSPS) is 11.0. The molecule has 0 unspecified atom stereocenters. The summed E-state index contributed by atoms with van der Waals surface area (Å²) in [5, 5.41) is 11.8. The fourth-order valence-corrected chi connectivity index (χ4v) is 2.50. The lowest BCUT2D eigenvalue weighted by molar-refractivity contribution is -0.126. The Morgan fingerprint density at radius 1 is 1.20 bits per heavy atom.